The molecule has 0 rings (SSSR count). The Morgan fingerprint density at radius 1 is 0.778 bits per heavy atom. The maximum Gasteiger partial charge on any atom is 0.460 e. The Morgan fingerprint density at radius 2 is 1.22 bits per heavy atom. The molecule has 0 saturated heterocycles. The number of alkyl halides is 10. The summed E-state index contributed by atoms with van der Waals surface area (Å²) in [6.07, 6.45) is -5.31. The van der Waals surface area contributed by atoms with Crippen LogP contribution in [-0.4, -0.2) is 38.9 Å². The van der Waals surface area contributed by atoms with Crippen LogP contribution in [-0.2, 0) is 4.79 Å². The Bertz CT molecular complexity index is 467. The van der Waals surface area contributed by atoms with Crippen LogP contribution in [0, 0.1) is 0 Å². The molecule has 2 nitrogen and oxygen atoms in total. The van der Waals surface area contributed by atoms with Crippen molar-refractivity contribution in [3.05, 3.63) is 0 Å². The number of carboxylic acid groups (broad SMARTS) is 1. The zero-order chi connectivity index (χ0) is 21.5. The lowest BCUT2D eigenvalue weighted by molar-refractivity contribution is -0.396. The van der Waals surface area contributed by atoms with E-state index in [2.05, 4.69) is 0 Å². The highest BCUT2D eigenvalue weighted by Gasteiger charge is 2.81. The summed E-state index contributed by atoms with van der Waals surface area (Å²) in [5.74, 6) is -19.8. The number of unbranched alkanes of at least 4 members (excludes halogenated alkanes) is 5. The van der Waals surface area contributed by atoms with Crippen LogP contribution in [0.1, 0.15) is 57.8 Å². The van der Waals surface area contributed by atoms with Gasteiger partial charge in [-0.25, -0.2) is 0 Å². The monoisotopic (exact) mass is 530 g/mol. The number of aliphatic carboxylic acids is 1. The number of hydrogen-bond donors (Lipinski definition) is 1. The average molecular weight is 530 g/mol. The van der Waals surface area contributed by atoms with E-state index in [1.807, 2.05) is 0 Å². The lowest BCUT2D eigenvalue weighted by Crippen LogP contribution is -2.61. The van der Waals surface area contributed by atoms with Gasteiger partial charge in [-0.05, 0) is 12.8 Å². The zero-order valence-electron chi connectivity index (χ0n) is 14.1. The fourth-order valence-electron chi connectivity index (χ4n) is 2.27. The van der Waals surface area contributed by atoms with Crippen molar-refractivity contribution in [2.24, 2.45) is 0 Å². The van der Waals surface area contributed by atoms with Gasteiger partial charge >= 0.3 is 29.9 Å². The Labute approximate surface area is 164 Å². The van der Waals surface area contributed by atoms with E-state index in [1.165, 1.54) is 22.6 Å². The first-order valence-corrected chi connectivity index (χ1v) is 9.37. The van der Waals surface area contributed by atoms with E-state index in [0.717, 1.165) is 0 Å². The van der Waals surface area contributed by atoms with Crippen molar-refractivity contribution < 1.29 is 49.4 Å². The van der Waals surface area contributed by atoms with Crippen LogP contribution in [0.4, 0.5) is 39.5 Å². The molecule has 0 heterocycles. The number of halogens is 10. The van der Waals surface area contributed by atoms with Gasteiger partial charge in [0.15, 0.2) is 0 Å². The summed E-state index contributed by atoms with van der Waals surface area (Å²) in [4.78, 5) is 10.3. The molecule has 162 valence electrons. The summed E-state index contributed by atoms with van der Waals surface area (Å²) in [5.41, 5.74) is 0. The largest absolute Gasteiger partial charge is 0.481 e. The molecule has 0 aromatic rings. The number of carbonyl (C=O) groups is 1. The molecule has 0 spiro atoms. The van der Waals surface area contributed by atoms with Crippen LogP contribution in [0.15, 0.2) is 0 Å². The van der Waals surface area contributed by atoms with Gasteiger partial charge in [0.25, 0.3) is 0 Å². The van der Waals surface area contributed by atoms with Crippen molar-refractivity contribution in [1.82, 2.24) is 0 Å². The van der Waals surface area contributed by atoms with Gasteiger partial charge in [-0.3, -0.25) is 4.79 Å². The standard InChI is InChI=1S/C15H20F9IO2/c16-12(17,13(18,19)14(20,21)15(22,23)24)9-10(25)7-5-3-1-2-4-6-8-11(26)27/h10H,1-9H2,(H,26,27). The van der Waals surface area contributed by atoms with Gasteiger partial charge in [0, 0.05) is 16.8 Å². The van der Waals surface area contributed by atoms with Gasteiger partial charge in [0.2, 0.25) is 0 Å². The van der Waals surface area contributed by atoms with Crippen LogP contribution in [0.5, 0.6) is 0 Å². The van der Waals surface area contributed by atoms with E-state index in [9.17, 15) is 44.3 Å². The summed E-state index contributed by atoms with van der Waals surface area (Å²) >= 11 is 1.33. The number of hydrogen-bond acceptors (Lipinski definition) is 1. The van der Waals surface area contributed by atoms with E-state index in [-0.39, 0.29) is 12.8 Å². The summed E-state index contributed by atoms with van der Waals surface area (Å²) in [6, 6.07) is 0. The molecule has 0 aliphatic rings. The third-order valence-corrected chi connectivity index (χ3v) is 4.91. The first-order valence-electron chi connectivity index (χ1n) is 8.12. The van der Waals surface area contributed by atoms with Gasteiger partial charge in [-0.2, -0.15) is 39.5 Å². The van der Waals surface area contributed by atoms with Gasteiger partial charge in [0.05, 0.1) is 0 Å². The first kappa shape index (κ1) is 26.6. The van der Waals surface area contributed by atoms with E-state index in [4.69, 9.17) is 5.11 Å². The predicted molar refractivity (Wildman–Crippen MR) is 87.9 cm³/mol. The Hall–Kier alpha value is -0.430. The third-order valence-electron chi connectivity index (χ3n) is 3.85. The van der Waals surface area contributed by atoms with Crippen molar-refractivity contribution in [2.75, 3.05) is 0 Å². The summed E-state index contributed by atoms with van der Waals surface area (Å²) in [7, 11) is 0. The van der Waals surface area contributed by atoms with Crippen molar-refractivity contribution >= 4 is 28.6 Å². The lowest BCUT2D eigenvalue weighted by Gasteiger charge is -2.34. The second-order valence-corrected chi connectivity index (χ2v) is 7.97. The molecule has 0 saturated carbocycles. The van der Waals surface area contributed by atoms with Gasteiger partial charge < -0.3 is 5.11 Å². The molecule has 1 atom stereocenters. The molecule has 1 unspecified atom stereocenters. The van der Waals surface area contributed by atoms with Crippen molar-refractivity contribution in [2.45, 2.75) is 85.7 Å². The molecule has 1 N–H and O–H groups in total. The Kier molecular flexibility index (Phi) is 10.2. The fourth-order valence-corrected chi connectivity index (χ4v) is 3.26. The molecule has 0 fully saturated rings. The van der Waals surface area contributed by atoms with Crippen molar-refractivity contribution in [3.8, 4) is 0 Å². The smallest absolute Gasteiger partial charge is 0.460 e. The third kappa shape index (κ3) is 7.84. The quantitative estimate of drug-likeness (QED) is 0.122. The highest BCUT2D eigenvalue weighted by atomic mass is 127. The lowest BCUT2D eigenvalue weighted by atomic mass is 9.97. The highest BCUT2D eigenvalue weighted by molar-refractivity contribution is 14.1. The van der Waals surface area contributed by atoms with Crippen molar-refractivity contribution in [1.29, 1.82) is 0 Å². The Balaban J connectivity index is 4.39. The molecule has 0 aliphatic heterocycles. The molecule has 0 aromatic carbocycles. The van der Waals surface area contributed by atoms with Gasteiger partial charge in [0.1, 0.15) is 0 Å². The topological polar surface area (TPSA) is 37.3 Å². The van der Waals surface area contributed by atoms with Crippen LogP contribution in [0.25, 0.3) is 0 Å². The molecule has 0 radical (unpaired) electrons. The summed E-state index contributed by atoms with van der Waals surface area (Å²) in [5, 5.41) is 8.44. The van der Waals surface area contributed by atoms with Gasteiger partial charge in [-0.15, -0.1) is 0 Å². The predicted octanol–water partition coefficient (Wildman–Crippen LogP) is 6.85. The van der Waals surface area contributed by atoms with E-state index in [0.29, 0.717) is 38.5 Å². The second-order valence-electron chi connectivity index (χ2n) is 6.21. The van der Waals surface area contributed by atoms with Crippen LogP contribution >= 0.6 is 22.6 Å². The van der Waals surface area contributed by atoms with Crippen LogP contribution in [0.3, 0.4) is 0 Å². The number of rotatable bonds is 13. The molecule has 12 heteroatoms. The molecular weight excluding hydrogens is 510 g/mol. The molecule has 0 aromatic heterocycles. The number of carboxylic acids is 1. The maximum absolute atomic E-state index is 13.5. The normalized spacial score (nSPS) is 15.0. The van der Waals surface area contributed by atoms with E-state index < -0.39 is 40.3 Å². The molecular formula is C15H20F9IO2. The minimum Gasteiger partial charge on any atom is -0.481 e. The second kappa shape index (κ2) is 10.4. The minimum atomic E-state index is -6.84. The zero-order valence-corrected chi connectivity index (χ0v) is 16.2. The van der Waals surface area contributed by atoms with E-state index in [1.54, 1.807) is 0 Å². The highest BCUT2D eigenvalue weighted by Crippen LogP contribution is 2.54. The van der Waals surface area contributed by atoms with Crippen LogP contribution < -0.4 is 0 Å². The fraction of sp³-hybridized carbons (Fsp3) is 0.933. The summed E-state index contributed by atoms with van der Waals surface area (Å²) < 4.78 is 114. The molecule has 0 aliphatic carbocycles. The molecule has 27 heavy (non-hydrogen) atoms. The maximum atomic E-state index is 13.5. The Morgan fingerprint density at radius 3 is 1.67 bits per heavy atom. The summed E-state index contributed by atoms with van der Waals surface area (Å²) in [6.45, 7) is 0. The average Bonchev–Trinajstić information content (AvgIpc) is 2.47. The van der Waals surface area contributed by atoms with Crippen LogP contribution in [0.2, 0.25) is 0 Å². The molecule has 0 amide bonds. The first-order chi connectivity index (χ1) is 12.1. The molecule has 0 bridgehead atoms. The van der Waals surface area contributed by atoms with Gasteiger partial charge in [-0.1, -0.05) is 54.7 Å². The van der Waals surface area contributed by atoms with E-state index >= 15 is 0 Å². The SMILES string of the molecule is O=C(O)CCCCCCCCC(I)CC(F)(F)C(F)(F)C(F)(F)C(F)(F)F. The van der Waals surface area contributed by atoms with Crippen molar-refractivity contribution in [3.63, 3.8) is 0 Å². The minimum absolute atomic E-state index is 0.0294.